The van der Waals surface area contributed by atoms with Crippen molar-refractivity contribution in [3.05, 3.63) is 32.4 Å². The van der Waals surface area contributed by atoms with Crippen LogP contribution in [0.25, 0.3) is 0 Å². The molecule has 94 valence electrons. The average molecular weight is 431 g/mol. The highest BCUT2D eigenvalue weighted by molar-refractivity contribution is 14.1. The molecule has 0 aliphatic heterocycles. The molecule has 17 heavy (non-hydrogen) atoms. The van der Waals surface area contributed by atoms with E-state index in [-0.39, 0.29) is 11.3 Å². The first-order valence-electron chi connectivity index (χ1n) is 5.15. The summed E-state index contributed by atoms with van der Waals surface area (Å²) in [5.74, 6) is -0.0858. The van der Waals surface area contributed by atoms with Gasteiger partial charge in [-0.15, -0.1) is 0 Å². The third-order valence-corrected chi connectivity index (χ3v) is 5.36. The van der Waals surface area contributed by atoms with Gasteiger partial charge in [-0.05, 0) is 46.2 Å². The Kier molecular flexibility index (Phi) is 5.73. The quantitative estimate of drug-likeness (QED) is 0.566. The number of rotatable bonds is 4. The predicted molar refractivity (Wildman–Crippen MR) is 84.1 cm³/mol. The molecule has 0 radical (unpaired) electrons. The zero-order chi connectivity index (χ0) is 13.1. The van der Waals surface area contributed by atoms with Crippen LogP contribution in [-0.2, 0) is 0 Å². The summed E-state index contributed by atoms with van der Waals surface area (Å²) in [4.78, 5) is 11.9. The first kappa shape index (κ1) is 15.2. The molecular formula is C12H14BrClINO. The van der Waals surface area contributed by atoms with E-state index in [0.717, 1.165) is 8.90 Å². The molecule has 5 heteroatoms. The van der Waals surface area contributed by atoms with Gasteiger partial charge >= 0.3 is 0 Å². The van der Waals surface area contributed by atoms with Crippen LogP contribution < -0.4 is 5.32 Å². The fourth-order valence-electron chi connectivity index (χ4n) is 1.11. The Hall–Kier alpha value is 0.190. The Morgan fingerprint density at radius 3 is 2.71 bits per heavy atom. The van der Waals surface area contributed by atoms with Crippen LogP contribution in [0.3, 0.4) is 0 Å². The van der Waals surface area contributed by atoms with E-state index in [0.29, 0.717) is 17.1 Å². The van der Waals surface area contributed by atoms with E-state index in [9.17, 15) is 4.79 Å². The van der Waals surface area contributed by atoms with Crippen LogP contribution in [0.4, 0.5) is 0 Å². The zero-order valence-electron chi connectivity index (χ0n) is 9.69. The molecule has 0 atom stereocenters. The van der Waals surface area contributed by atoms with Crippen LogP contribution in [0.5, 0.6) is 0 Å². The molecule has 0 fully saturated rings. The van der Waals surface area contributed by atoms with Crippen molar-refractivity contribution < 1.29 is 4.79 Å². The molecule has 1 rings (SSSR count). The number of hydrogen-bond donors (Lipinski definition) is 1. The van der Waals surface area contributed by atoms with Gasteiger partial charge in [0, 0.05) is 21.0 Å². The molecular weight excluding hydrogens is 416 g/mol. The Bertz CT molecular complexity index is 423. The van der Waals surface area contributed by atoms with Crippen LogP contribution in [0, 0.1) is 8.99 Å². The van der Waals surface area contributed by atoms with Crippen molar-refractivity contribution in [2.45, 2.75) is 13.8 Å². The number of carbonyl (C=O) groups is 1. The fourth-order valence-corrected chi connectivity index (χ4v) is 1.82. The van der Waals surface area contributed by atoms with Crippen molar-refractivity contribution in [2.75, 3.05) is 11.9 Å². The molecule has 0 aliphatic carbocycles. The van der Waals surface area contributed by atoms with E-state index in [1.54, 1.807) is 12.1 Å². The molecule has 0 aromatic heterocycles. The van der Waals surface area contributed by atoms with E-state index < -0.39 is 0 Å². The molecule has 1 aromatic rings. The highest BCUT2D eigenvalue weighted by Gasteiger charge is 2.17. The monoisotopic (exact) mass is 429 g/mol. The van der Waals surface area contributed by atoms with Gasteiger partial charge in [0.05, 0.1) is 5.02 Å². The maximum absolute atomic E-state index is 11.9. The Balaban J connectivity index is 2.68. The van der Waals surface area contributed by atoms with Gasteiger partial charge in [-0.3, -0.25) is 4.79 Å². The van der Waals surface area contributed by atoms with Crippen molar-refractivity contribution in [3.63, 3.8) is 0 Å². The molecule has 0 bridgehead atoms. The van der Waals surface area contributed by atoms with Gasteiger partial charge in [0.2, 0.25) is 0 Å². The lowest BCUT2D eigenvalue weighted by Crippen LogP contribution is -2.34. The SMILES string of the molecule is CC(C)(CBr)CNC(=O)c1ccc(I)c(Cl)c1. The molecule has 0 spiro atoms. The summed E-state index contributed by atoms with van der Waals surface area (Å²) in [6, 6.07) is 5.32. The first-order chi connectivity index (χ1) is 7.85. The fraction of sp³-hybridized carbons (Fsp3) is 0.417. The third-order valence-electron chi connectivity index (χ3n) is 2.27. The number of benzene rings is 1. The van der Waals surface area contributed by atoms with Gasteiger partial charge in [0.15, 0.2) is 0 Å². The van der Waals surface area contributed by atoms with Crippen LogP contribution in [0.1, 0.15) is 24.2 Å². The number of hydrogen-bond acceptors (Lipinski definition) is 1. The highest BCUT2D eigenvalue weighted by Crippen LogP contribution is 2.20. The first-order valence-corrected chi connectivity index (χ1v) is 7.73. The Labute approximate surface area is 129 Å². The highest BCUT2D eigenvalue weighted by atomic mass is 127. The number of halogens is 3. The summed E-state index contributed by atoms with van der Waals surface area (Å²) in [6.07, 6.45) is 0. The van der Waals surface area contributed by atoms with Gasteiger partial charge in [-0.1, -0.05) is 41.4 Å². The minimum atomic E-state index is -0.0858. The molecule has 0 aliphatic rings. The van der Waals surface area contributed by atoms with Crippen molar-refractivity contribution >= 4 is 56.0 Å². The maximum Gasteiger partial charge on any atom is 0.251 e. The van der Waals surface area contributed by atoms with Crippen LogP contribution >= 0.6 is 50.1 Å². The van der Waals surface area contributed by atoms with Crippen molar-refractivity contribution in [2.24, 2.45) is 5.41 Å². The summed E-state index contributed by atoms with van der Waals surface area (Å²) < 4.78 is 0.946. The topological polar surface area (TPSA) is 29.1 Å². The molecule has 1 aromatic carbocycles. The van der Waals surface area contributed by atoms with E-state index >= 15 is 0 Å². The number of carbonyl (C=O) groups excluding carboxylic acids is 1. The molecule has 0 unspecified atom stereocenters. The molecule has 1 N–H and O–H groups in total. The maximum atomic E-state index is 11.9. The molecule has 0 saturated heterocycles. The van der Waals surface area contributed by atoms with Gasteiger partial charge in [0.1, 0.15) is 0 Å². The number of alkyl halides is 1. The molecule has 0 saturated carbocycles. The van der Waals surface area contributed by atoms with Gasteiger partial charge in [-0.2, -0.15) is 0 Å². The van der Waals surface area contributed by atoms with E-state index in [4.69, 9.17) is 11.6 Å². The van der Waals surface area contributed by atoms with Gasteiger partial charge < -0.3 is 5.32 Å². The summed E-state index contributed by atoms with van der Waals surface area (Å²) in [5.41, 5.74) is 0.642. The largest absolute Gasteiger partial charge is 0.351 e. The number of amides is 1. The second-order valence-electron chi connectivity index (χ2n) is 4.61. The summed E-state index contributed by atoms with van der Waals surface area (Å²) >= 11 is 11.5. The van der Waals surface area contributed by atoms with Gasteiger partial charge in [-0.25, -0.2) is 0 Å². The zero-order valence-corrected chi connectivity index (χ0v) is 14.2. The summed E-state index contributed by atoms with van der Waals surface area (Å²) in [5, 5.41) is 4.36. The molecule has 2 nitrogen and oxygen atoms in total. The Morgan fingerprint density at radius 2 is 2.18 bits per heavy atom. The normalized spacial score (nSPS) is 11.4. The predicted octanol–water partition coefficient (Wildman–Crippen LogP) is 4.10. The van der Waals surface area contributed by atoms with E-state index in [1.165, 1.54) is 0 Å². The lowest BCUT2D eigenvalue weighted by atomic mass is 9.97. The minimum absolute atomic E-state index is 0.0443. The minimum Gasteiger partial charge on any atom is -0.351 e. The Morgan fingerprint density at radius 1 is 1.53 bits per heavy atom. The molecule has 0 heterocycles. The van der Waals surface area contributed by atoms with E-state index in [1.807, 2.05) is 6.07 Å². The lowest BCUT2D eigenvalue weighted by Gasteiger charge is -2.21. The van der Waals surface area contributed by atoms with Crippen molar-refractivity contribution in [1.29, 1.82) is 0 Å². The summed E-state index contributed by atoms with van der Waals surface area (Å²) in [7, 11) is 0. The van der Waals surface area contributed by atoms with Crippen molar-refractivity contribution in [1.82, 2.24) is 5.32 Å². The lowest BCUT2D eigenvalue weighted by molar-refractivity contribution is 0.0940. The number of nitrogens with one attached hydrogen (secondary N) is 1. The van der Waals surface area contributed by atoms with Crippen LogP contribution in [0.15, 0.2) is 18.2 Å². The van der Waals surface area contributed by atoms with Gasteiger partial charge in [0.25, 0.3) is 5.91 Å². The van der Waals surface area contributed by atoms with Crippen LogP contribution in [0.2, 0.25) is 5.02 Å². The second kappa shape index (κ2) is 6.38. The standard InChI is InChI=1S/C12H14BrClINO/c1-12(2,6-13)7-16-11(17)8-3-4-10(15)9(14)5-8/h3-5H,6-7H2,1-2H3,(H,16,17). The molecule has 1 amide bonds. The van der Waals surface area contributed by atoms with Crippen molar-refractivity contribution in [3.8, 4) is 0 Å². The smallest absolute Gasteiger partial charge is 0.251 e. The second-order valence-corrected chi connectivity index (χ2v) is 6.74. The van der Waals surface area contributed by atoms with Crippen LogP contribution in [-0.4, -0.2) is 17.8 Å². The third kappa shape index (κ3) is 4.75. The summed E-state index contributed by atoms with van der Waals surface area (Å²) in [6.45, 7) is 4.80. The van der Waals surface area contributed by atoms with E-state index in [2.05, 4.69) is 57.7 Å². The average Bonchev–Trinajstić information content (AvgIpc) is 2.30.